The Morgan fingerprint density at radius 1 is 1.10 bits per heavy atom. The SMILES string of the molecule is CC[C@H](C)CNC(=O)[C@H](C1CCCC1)N1CCN(C(=O)Nc2ccc(F)cc2)CC1. The molecule has 1 aromatic carbocycles. The summed E-state index contributed by atoms with van der Waals surface area (Å²) in [4.78, 5) is 29.6. The van der Waals surface area contributed by atoms with Gasteiger partial charge in [0.05, 0.1) is 6.04 Å². The summed E-state index contributed by atoms with van der Waals surface area (Å²) in [5.74, 6) is 0.698. The largest absolute Gasteiger partial charge is 0.354 e. The van der Waals surface area contributed by atoms with Gasteiger partial charge >= 0.3 is 6.03 Å². The van der Waals surface area contributed by atoms with Gasteiger partial charge in [-0.15, -0.1) is 0 Å². The third-order valence-corrected chi connectivity index (χ3v) is 6.53. The fourth-order valence-electron chi connectivity index (χ4n) is 4.41. The van der Waals surface area contributed by atoms with Gasteiger partial charge in [-0.1, -0.05) is 33.1 Å². The summed E-state index contributed by atoms with van der Waals surface area (Å²) >= 11 is 0. The van der Waals surface area contributed by atoms with Gasteiger partial charge < -0.3 is 15.5 Å². The highest BCUT2D eigenvalue weighted by molar-refractivity contribution is 5.89. The van der Waals surface area contributed by atoms with Crippen molar-refractivity contribution in [1.82, 2.24) is 15.1 Å². The molecule has 2 atom stereocenters. The number of hydrogen-bond donors (Lipinski definition) is 2. The molecule has 0 unspecified atom stereocenters. The molecular formula is C23H35FN4O2. The average molecular weight is 419 g/mol. The number of piperazine rings is 1. The Hall–Kier alpha value is -2.15. The Morgan fingerprint density at radius 2 is 1.73 bits per heavy atom. The fraction of sp³-hybridized carbons (Fsp3) is 0.652. The molecule has 0 radical (unpaired) electrons. The maximum atomic E-state index is 13.1. The van der Waals surface area contributed by atoms with Gasteiger partial charge in [-0.25, -0.2) is 9.18 Å². The number of urea groups is 1. The van der Waals surface area contributed by atoms with E-state index in [1.165, 1.54) is 25.0 Å². The lowest BCUT2D eigenvalue weighted by Gasteiger charge is -2.40. The number of nitrogens with zero attached hydrogens (tertiary/aromatic N) is 2. The lowest BCUT2D eigenvalue weighted by Crippen LogP contribution is -2.58. The monoisotopic (exact) mass is 418 g/mol. The summed E-state index contributed by atoms with van der Waals surface area (Å²) in [7, 11) is 0. The molecule has 7 heteroatoms. The number of rotatable bonds is 7. The van der Waals surface area contributed by atoms with Gasteiger partial charge in [0.2, 0.25) is 5.91 Å². The molecule has 166 valence electrons. The van der Waals surface area contributed by atoms with Gasteiger partial charge in [-0.2, -0.15) is 0 Å². The van der Waals surface area contributed by atoms with Crippen LogP contribution in [0.5, 0.6) is 0 Å². The topological polar surface area (TPSA) is 64.7 Å². The van der Waals surface area contributed by atoms with Gasteiger partial charge in [0.15, 0.2) is 0 Å². The fourth-order valence-corrected chi connectivity index (χ4v) is 4.41. The van der Waals surface area contributed by atoms with Gasteiger partial charge in [0, 0.05) is 38.4 Å². The molecule has 0 bridgehead atoms. The summed E-state index contributed by atoms with van der Waals surface area (Å²) in [6.07, 6.45) is 5.65. The average Bonchev–Trinajstić information content (AvgIpc) is 3.28. The first-order valence-electron chi connectivity index (χ1n) is 11.3. The maximum Gasteiger partial charge on any atom is 0.321 e. The third kappa shape index (κ3) is 5.94. The summed E-state index contributed by atoms with van der Waals surface area (Å²) in [6, 6.07) is 5.50. The van der Waals surface area contributed by atoms with Crippen molar-refractivity contribution in [2.24, 2.45) is 11.8 Å². The lowest BCUT2D eigenvalue weighted by atomic mass is 9.94. The van der Waals surface area contributed by atoms with E-state index >= 15 is 0 Å². The van der Waals surface area contributed by atoms with Gasteiger partial charge in [0.25, 0.3) is 0 Å². The molecule has 6 nitrogen and oxygen atoms in total. The van der Waals surface area contributed by atoms with Crippen molar-refractivity contribution in [1.29, 1.82) is 0 Å². The second kappa shape index (κ2) is 10.8. The van der Waals surface area contributed by atoms with E-state index in [0.717, 1.165) is 25.8 Å². The smallest absolute Gasteiger partial charge is 0.321 e. The number of carbonyl (C=O) groups is 2. The van der Waals surface area contributed by atoms with Crippen LogP contribution in [0.25, 0.3) is 0 Å². The van der Waals surface area contributed by atoms with Crippen molar-refractivity contribution in [2.45, 2.75) is 52.0 Å². The molecule has 1 heterocycles. The molecule has 3 amide bonds. The van der Waals surface area contributed by atoms with Crippen LogP contribution in [0.1, 0.15) is 46.0 Å². The third-order valence-electron chi connectivity index (χ3n) is 6.53. The van der Waals surface area contributed by atoms with Crippen molar-refractivity contribution in [2.75, 3.05) is 38.0 Å². The predicted octanol–water partition coefficient (Wildman–Crippen LogP) is 3.70. The number of anilines is 1. The first-order valence-corrected chi connectivity index (χ1v) is 11.3. The Bertz CT molecular complexity index is 698. The van der Waals surface area contributed by atoms with Crippen molar-refractivity contribution in [3.8, 4) is 0 Å². The molecule has 0 spiro atoms. The van der Waals surface area contributed by atoms with Crippen LogP contribution in [0.15, 0.2) is 24.3 Å². The van der Waals surface area contributed by atoms with Crippen LogP contribution in [0.3, 0.4) is 0 Å². The second-order valence-corrected chi connectivity index (χ2v) is 8.71. The molecule has 1 aliphatic heterocycles. The van der Waals surface area contributed by atoms with E-state index in [4.69, 9.17) is 0 Å². The first-order chi connectivity index (χ1) is 14.5. The van der Waals surface area contributed by atoms with E-state index in [0.29, 0.717) is 43.7 Å². The van der Waals surface area contributed by atoms with Crippen molar-refractivity contribution in [3.63, 3.8) is 0 Å². The minimum atomic E-state index is -0.328. The molecule has 2 N–H and O–H groups in total. The molecule has 2 aliphatic rings. The van der Waals surface area contributed by atoms with E-state index in [-0.39, 0.29) is 23.8 Å². The van der Waals surface area contributed by atoms with E-state index in [1.807, 2.05) is 0 Å². The number of hydrogen-bond acceptors (Lipinski definition) is 3. The molecule has 1 aliphatic carbocycles. The zero-order valence-electron chi connectivity index (χ0n) is 18.2. The van der Waals surface area contributed by atoms with Gasteiger partial charge in [0.1, 0.15) is 5.82 Å². The second-order valence-electron chi connectivity index (χ2n) is 8.71. The Balaban J connectivity index is 1.56. The Labute approximate surface area is 179 Å². The lowest BCUT2D eigenvalue weighted by molar-refractivity contribution is -0.129. The molecule has 3 rings (SSSR count). The summed E-state index contributed by atoms with van der Waals surface area (Å²) in [6.45, 7) is 7.55. The Morgan fingerprint density at radius 3 is 2.33 bits per heavy atom. The van der Waals surface area contributed by atoms with Crippen molar-refractivity contribution < 1.29 is 14.0 Å². The van der Waals surface area contributed by atoms with E-state index < -0.39 is 0 Å². The molecule has 1 aromatic rings. The summed E-state index contributed by atoms with van der Waals surface area (Å²) in [5.41, 5.74) is 0.581. The van der Waals surface area contributed by atoms with Crippen LogP contribution >= 0.6 is 0 Å². The number of benzene rings is 1. The Kier molecular flexibility index (Phi) is 8.08. The quantitative estimate of drug-likeness (QED) is 0.710. The molecule has 2 fully saturated rings. The van der Waals surface area contributed by atoms with Gasteiger partial charge in [-0.3, -0.25) is 9.69 Å². The molecular weight excluding hydrogens is 383 g/mol. The van der Waals surface area contributed by atoms with Crippen LogP contribution in [-0.4, -0.2) is 60.5 Å². The van der Waals surface area contributed by atoms with Gasteiger partial charge in [-0.05, 0) is 48.9 Å². The van der Waals surface area contributed by atoms with Crippen molar-refractivity contribution >= 4 is 17.6 Å². The molecule has 1 saturated carbocycles. The highest BCUT2D eigenvalue weighted by Crippen LogP contribution is 2.31. The first kappa shape index (κ1) is 22.5. The molecule has 30 heavy (non-hydrogen) atoms. The maximum absolute atomic E-state index is 13.1. The summed E-state index contributed by atoms with van der Waals surface area (Å²) < 4.78 is 13.0. The van der Waals surface area contributed by atoms with Crippen LogP contribution < -0.4 is 10.6 Å². The normalized spacial score (nSPS) is 20.0. The van der Waals surface area contributed by atoms with E-state index in [2.05, 4.69) is 29.4 Å². The summed E-state index contributed by atoms with van der Waals surface area (Å²) in [5, 5.41) is 6.00. The standard InChI is InChI=1S/C23H35FN4O2/c1-3-17(2)16-25-22(29)21(18-6-4-5-7-18)27-12-14-28(15-13-27)23(30)26-20-10-8-19(24)9-11-20/h8-11,17-18,21H,3-7,12-16H2,1-2H3,(H,25,29)(H,26,30)/t17-,21-/m0/s1. The number of nitrogens with one attached hydrogen (secondary N) is 2. The predicted molar refractivity (Wildman–Crippen MR) is 117 cm³/mol. The zero-order valence-corrected chi connectivity index (χ0v) is 18.2. The number of halogens is 1. The van der Waals surface area contributed by atoms with Crippen molar-refractivity contribution in [3.05, 3.63) is 30.1 Å². The minimum absolute atomic E-state index is 0.0983. The molecule has 1 saturated heterocycles. The highest BCUT2D eigenvalue weighted by atomic mass is 19.1. The van der Waals surface area contributed by atoms with E-state index in [1.54, 1.807) is 17.0 Å². The van der Waals surface area contributed by atoms with Crippen LogP contribution in [0, 0.1) is 17.7 Å². The van der Waals surface area contributed by atoms with Crippen LogP contribution in [-0.2, 0) is 4.79 Å². The zero-order chi connectivity index (χ0) is 21.5. The highest BCUT2D eigenvalue weighted by Gasteiger charge is 2.37. The molecule has 0 aromatic heterocycles. The number of amides is 3. The number of carbonyl (C=O) groups excluding carboxylic acids is 2. The van der Waals surface area contributed by atoms with E-state index in [9.17, 15) is 14.0 Å². The minimum Gasteiger partial charge on any atom is -0.354 e. The van der Waals surface area contributed by atoms with Crippen LogP contribution in [0.2, 0.25) is 0 Å². The van der Waals surface area contributed by atoms with Crippen LogP contribution in [0.4, 0.5) is 14.9 Å².